The lowest BCUT2D eigenvalue weighted by molar-refractivity contribution is -0.140. The summed E-state index contributed by atoms with van der Waals surface area (Å²) < 4.78 is 60.1. The number of imidazole rings is 1. The van der Waals surface area contributed by atoms with Crippen molar-refractivity contribution in [2.75, 3.05) is 6.54 Å². The summed E-state index contributed by atoms with van der Waals surface area (Å²) in [5.41, 5.74) is -0.933. The molecule has 2 heterocycles. The molecule has 1 amide bonds. The van der Waals surface area contributed by atoms with Crippen molar-refractivity contribution in [1.29, 1.82) is 5.26 Å². The molecule has 1 unspecified atom stereocenters. The van der Waals surface area contributed by atoms with Gasteiger partial charge in [0.1, 0.15) is 23.3 Å². The first-order valence-corrected chi connectivity index (χ1v) is 10.7. The molecule has 0 radical (unpaired) electrons. The third-order valence-electron chi connectivity index (χ3n) is 5.44. The number of carbonyl (C=O) groups excluding carboxylic acids is 1. The SMILES string of the molecule is CCc1nc(C#N)c2n1CCN(C(=O)OC(C)(C)C)C2CCc1ccc(C(F)(F)F)c(F)c1. The summed E-state index contributed by atoms with van der Waals surface area (Å²) in [6, 6.07) is 4.30. The van der Waals surface area contributed by atoms with Crippen LogP contribution in [0.2, 0.25) is 0 Å². The Morgan fingerprint density at radius 3 is 2.52 bits per heavy atom. The molecule has 0 spiro atoms. The first-order valence-electron chi connectivity index (χ1n) is 10.7. The number of aryl methyl sites for hydroxylation is 2. The molecule has 178 valence electrons. The Morgan fingerprint density at radius 2 is 1.97 bits per heavy atom. The van der Waals surface area contributed by atoms with Crippen LogP contribution in [0.1, 0.15) is 68.5 Å². The van der Waals surface area contributed by atoms with Gasteiger partial charge in [0.15, 0.2) is 5.69 Å². The molecule has 0 bridgehead atoms. The van der Waals surface area contributed by atoms with Crippen LogP contribution in [0.15, 0.2) is 18.2 Å². The van der Waals surface area contributed by atoms with E-state index in [1.807, 2.05) is 11.5 Å². The molecule has 0 fully saturated rings. The minimum absolute atomic E-state index is 0.191. The quantitative estimate of drug-likeness (QED) is 0.566. The number of ether oxygens (including phenoxy) is 1. The van der Waals surface area contributed by atoms with E-state index >= 15 is 0 Å². The van der Waals surface area contributed by atoms with E-state index in [4.69, 9.17) is 4.74 Å². The number of carbonyl (C=O) groups is 1. The molecular formula is C23H26F4N4O2. The van der Waals surface area contributed by atoms with Crippen molar-refractivity contribution < 1.29 is 27.1 Å². The lowest BCUT2D eigenvalue weighted by Gasteiger charge is -2.38. The van der Waals surface area contributed by atoms with E-state index in [0.29, 0.717) is 30.8 Å². The summed E-state index contributed by atoms with van der Waals surface area (Å²) in [4.78, 5) is 18.8. The highest BCUT2D eigenvalue weighted by Crippen LogP contribution is 2.36. The Balaban J connectivity index is 1.94. The lowest BCUT2D eigenvalue weighted by atomic mass is 9.98. The third-order valence-corrected chi connectivity index (χ3v) is 5.44. The molecular weight excluding hydrogens is 440 g/mol. The molecule has 6 nitrogen and oxygen atoms in total. The van der Waals surface area contributed by atoms with Gasteiger partial charge in [-0.25, -0.2) is 14.2 Å². The summed E-state index contributed by atoms with van der Waals surface area (Å²) in [5, 5.41) is 9.64. The number of amides is 1. The maximum absolute atomic E-state index is 14.0. The first-order chi connectivity index (χ1) is 15.4. The van der Waals surface area contributed by atoms with Crippen LogP contribution in [0.5, 0.6) is 0 Å². The van der Waals surface area contributed by atoms with Crippen molar-refractivity contribution in [3.05, 3.63) is 52.4 Å². The summed E-state index contributed by atoms with van der Waals surface area (Å²) in [6.07, 6.45) is -4.28. The Kier molecular flexibility index (Phi) is 6.73. The highest BCUT2D eigenvalue weighted by atomic mass is 19.4. The molecule has 10 heteroatoms. The van der Waals surface area contributed by atoms with Crippen LogP contribution < -0.4 is 0 Å². The largest absolute Gasteiger partial charge is 0.444 e. The molecule has 33 heavy (non-hydrogen) atoms. The van der Waals surface area contributed by atoms with E-state index in [1.165, 1.54) is 11.0 Å². The van der Waals surface area contributed by atoms with Crippen LogP contribution in [-0.4, -0.2) is 32.7 Å². The number of rotatable bonds is 4. The summed E-state index contributed by atoms with van der Waals surface area (Å²) in [5.74, 6) is -0.625. The van der Waals surface area contributed by atoms with Crippen molar-refractivity contribution in [2.24, 2.45) is 0 Å². The van der Waals surface area contributed by atoms with Crippen LogP contribution in [-0.2, 0) is 30.3 Å². The van der Waals surface area contributed by atoms with Crippen molar-refractivity contribution in [3.8, 4) is 6.07 Å². The normalized spacial score (nSPS) is 16.3. The van der Waals surface area contributed by atoms with Gasteiger partial charge in [-0.1, -0.05) is 13.0 Å². The van der Waals surface area contributed by atoms with Gasteiger partial charge in [0, 0.05) is 19.5 Å². The van der Waals surface area contributed by atoms with E-state index in [9.17, 15) is 27.6 Å². The average Bonchev–Trinajstić information content (AvgIpc) is 3.08. The van der Waals surface area contributed by atoms with Gasteiger partial charge in [0.25, 0.3) is 0 Å². The second-order valence-electron chi connectivity index (χ2n) is 8.92. The van der Waals surface area contributed by atoms with E-state index in [1.54, 1.807) is 20.8 Å². The number of hydrogen-bond donors (Lipinski definition) is 0. The minimum Gasteiger partial charge on any atom is -0.444 e. The monoisotopic (exact) mass is 466 g/mol. The van der Waals surface area contributed by atoms with Crippen LogP contribution in [0.3, 0.4) is 0 Å². The standard InChI is InChI=1S/C23H26F4N4O2/c1-5-19-29-17(13-28)20-18(30(10-11-31(19)20)21(32)33-22(2,3)4)9-7-14-6-8-15(16(24)12-14)23(25,26)27/h6,8,12,18H,5,7,9-11H2,1-4H3. The molecule has 1 aliphatic heterocycles. The smallest absolute Gasteiger partial charge is 0.419 e. The van der Waals surface area contributed by atoms with Gasteiger partial charge in [-0.05, 0) is 51.3 Å². The Bertz CT molecular complexity index is 1080. The number of nitriles is 1. The lowest BCUT2D eigenvalue weighted by Crippen LogP contribution is -2.45. The first kappa shape index (κ1) is 24.6. The minimum atomic E-state index is -4.77. The second-order valence-corrected chi connectivity index (χ2v) is 8.92. The Morgan fingerprint density at radius 1 is 1.27 bits per heavy atom. The number of nitrogens with zero attached hydrogens (tertiary/aromatic N) is 4. The maximum Gasteiger partial charge on any atom is 0.419 e. The number of aromatic nitrogens is 2. The van der Waals surface area contributed by atoms with Crippen LogP contribution >= 0.6 is 0 Å². The van der Waals surface area contributed by atoms with E-state index in [0.717, 1.165) is 18.0 Å². The highest BCUT2D eigenvalue weighted by Gasteiger charge is 2.38. The number of benzene rings is 1. The Labute approximate surface area is 189 Å². The molecule has 0 saturated carbocycles. The van der Waals surface area contributed by atoms with E-state index in [2.05, 4.69) is 11.1 Å². The van der Waals surface area contributed by atoms with Gasteiger partial charge in [-0.2, -0.15) is 18.4 Å². The predicted octanol–water partition coefficient (Wildman–Crippen LogP) is 5.40. The molecule has 1 aromatic carbocycles. The van der Waals surface area contributed by atoms with Crippen molar-refractivity contribution in [2.45, 2.75) is 71.3 Å². The Hall–Kier alpha value is -3.09. The molecule has 0 N–H and O–H groups in total. The second kappa shape index (κ2) is 9.04. The van der Waals surface area contributed by atoms with E-state index in [-0.39, 0.29) is 18.5 Å². The topological polar surface area (TPSA) is 71.2 Å². The number of alkyl halides is 3. The highest BCUT2D eigenvalue weighted by molar-refractivity contribution is 5.69. The average molecular weight is 466 g/mol. The number of halogens is 4. The summed E-state index contributed by atoms with van der Waals surface area (Å²) in [6.45, 7) is 7.91. The zero-order chi connectivity index (χ0) is 24.6. The number of hydrogen-bond acceptors (Lipinski definition) is 4. The van der Waals surface area contributed by atoms with Crippen LogP contribution in [0, 0.1) is 17.1 Å². The molecule has 2 aromatic rings. The molecule has 1 aliphatic rings. The van der Waals surface area contributed by atoms with Crippen LogP contribution in [0.25, 0.3) is 0 Å². The van der Waals surface area contributed by atoms with Crippen LogP contribution in [0.4, 0.5) is 22.4 Å². The summed E-state index contributed by atoms with van der Waals surface area (Å²) in [7, 11) is 0. The molecule has 1 aromatic heterocycles. The third kappa shape index (κ3) is 5.29. The maximum atomic E-state index is 14.0. The van der Waals surface area contributed by atoms with Gasteiger partial charge in [-0.3, -0.25) is 4.90 Å². The van der Waals surface area contributed by atoms with Gasteiger partial charge in [0.2, 0.25) is 0 Å². The molecule has 0 aliphatic carbocycles. The fourth-order valence-corrected chi connectivity index (χ4v) is 4.04. The van der Waals surface area contributed by atoms with Crippen molar-refractivity contribution >= 4 is 6.09 Å². The van der Waals surface area contributed by atoms with Crippen molar-refractivity contribution in [3.63, 3.8) is 0 Å². The summed E-state index contributed by atoms with van der Waals surface area (Å²) >= 11 is 0. The zero-order valence-electron chi connectivity index (χ0n) is 19.0. The van der Waals surface area contributed by atoms with Gasteiger partial charge < -0.3 is 9.30 Å². The van der Waals surface area contributed by atoms with Crippen molar-refractivity contribution in [1.82, 2.24) is 14.5 Å². The van der Waals surface area contributed by atoms with Gasteiger partial charge in [0.05, 0.1) is 17.3 Å². The fourth-order valence-electron chi connectivity index (χ4n) is 4.04. The van der Waals surface area contributed by atoms with Gasteiger partial charge >= 0.3 is 12.3 Å². The molecule has 1 atom stereocenters. The predicted molar refractivity (Wildman–Crippen MR) is 112 cm³/mol. The van der Waals surface area contributed by atoms with E-state index < -0.39 is 35.3 Å². The fraction of sp³-hybridized carbons (Fsp3) is 0.522. The van der Waals surface area contributed by atoms with Gasteiger partial charge in [-0.15, -0.1) is 0 Å². The molecule has 3 rings (SSSR count). The number of fused-ring (bicyclic) bond motifs is 1. The zero-order valence-corrected chi connectivity index (χ0v) is 19.0. The molecule has 0 saturated heterocycles.